The molecular weight excluding hydrogens is 297 g/mol. The van der Waals surface area contributed by atoms with Crippen LogP contribution in [-0.2, 0) is 14.8 Å². The standard InChI is InChI=1S/C13H20FN3O3S/c1-9(2)8-16-13(18)5-6-17-21(19,20)10-3-4-12(15)11(14)7-10/h3-4,7,9,17H,5-6,8,15H2,1-2H3,(H,16,18). The number of hydrogen-bond acceptors (Lipinski definition) is 4. The third kappa shape index (κ3) is 5.68. The van der Waals surface area contributed by atoms with E-state index in [0.29, 0.717) is 12.5 Å². The van der Waals surface area contributed by atoms with Crippen LogP contribution < -0.4 is 15.8 Å². The van der Waals surface area contributed by atoms with Crippen LogP contribution in [0.4, 0.5) is 10.1 Å². The number of anilines is 1. The molecule has 1 rings (SSSR count). The van der Waals surface area contributed by atoms with Crippen molar-refractivity contribution in [1.82, 2.24) is 10.0 Å². The molecule has 4 N–H and O–H groups in total. The zero-order valence-electron chi connectivity index (χ0n) is 12.0. The molecule has 0 bridgehead atoms. The number of carbonyl (C=O) groups is 1. The summed E-state index contributed by atoms with van der Waals surface area (Å²) in [7, 11) is -3.85. The van der Waals surface area contributed by atoms with E-state index in [1.54, 1.807) is 0 Å². The second-order valence-electron chi connectivity index (χ2n) is 5.03. The summed E-state index contributed by atoms with van der Waals surface area (Å²) in [6.45, 7) is 4.39. The van der Waals surface area contributed by atoms with Crippen LogP contribution in [0.1, 0.15) is 20.3 Å². The van der Waals surface area contributed by atoms with Gasteiger partial charge in [-0.25, -0.2) is 17.5 Å². The van der Waals surface area contributed by atoms with E-state index in [4.69, 9.17) is 5.73 Å². The van der Waals surface area contributed by atoms with Gasteiger partial charge in [0.2, 0.25) is 15.9 Å². The van der Waals surface area contributed by atoms with Crippen molar-refractivity contribution in [1.29, 1.82) is 0 Å². The predicted octanol–water partition coefficient (Wildman–Crippen LogP) is 0.849. The third-order valence-corrected chi connectivity index (χ3v) is 4.09. The fourth-order valence-electron chi connectivity index (χ4n) is 1.46. The van der Waals surface area contributed by atoms with E-state index in [0.717, 1.165) is 6.07 Å². The summed E-state index contributed by atoms with van der Waals surface area (Å²) in [5.74, 6) is -0.717. The summed E-state index contributed by atoms with van der Waals surface area (Å²) in [4.78, 5) is 11.2. The number of nitrogens with one attached hydrogen (secondary N) is 2. The Balaban J connectivity index is 2.53. The van der Waals surface area contributed by atoms with E-state index in [1.165, 1.54) is 12.1 Å². The predicted molar refractivity (Wildman–Crippen MR) is 78.5 cm³/mol. The van der Waals surface area contributed by atoms with Crippen LogP contribution in [0.15, 0.2) is 23.1 Å². The molecule has 118 valence electrons. The van der Waals surface area contributed by atoms with Crippen molar-refractivity contribution in [2.75, 3.05) is 18.8 Å². The molecule has 0 aliphatic rings. The van der Waals surface area contributed by atoms with Gasteiger partial charge < -0.3 is 11.1 Å². The van der Waals surface area contributed by atoms with Crippen LogP contribution in [0, 0.1) is 11.7 Å². The van der Waals surface area contributed by atoms with E-state index in [1.807, 2.05) is 13.8 Å². The Morgan fingerprint density at radius 1 is 1.38 bits per heavy atom. The number of hydrogen-bond donors (Lipinski definition) is 3. The van der Waals surface area contributed by atoms with Gasteiger partial charge in [0.1, 0.15) is 5.82 Å². The first-order valence-corrected chi connectivity index (χ1v) is 8.02. The lowest BCUT2D eigenvalue weighted by Crippen LogP contribution is -2.32. The maximum absolute atomic E-state index is 13.3. The second-order valence-corrected chi connectivity index (χ2v) is 6.80. The lowest BCUT2D eigenvalue weighted by Gasteiger charge is -2.09. The fraction of sp³-hybridized carbons (Fsp3) is 0.462. The molecule has 0 aliphatic heterocycles. The van der Waals surface area contributed by atoms with Gasteiger partial charge in [0.25, 0.3) is 0 Å². The minimum absolute atomic E-state index is 0.0173. The Morgan fingerprint density at radius 3 is 2.62 bits per heavy atom. The van der Waals surface area contributed by atoms with Gasteiger partial charge in [-0.2, -0.15) is 0 Å². The Kier molecular flexibility index (Phi) is 6.10. The zero-order chi connectivity index (χ0) is 16.0. The van der Waals surface area contributed by atoms with Crippen molar-refractivity contribution in [3.05, 3.63) is 24.0 Å². The topological polar surface area (TPSA) is 101 Å². The van der Waals surface area contributed by atoms with E-state index < -0.39 is 15.8 Å². The van der Waals surface area contributed by atoms with Crippen molar-refractivity contribution >= 4 is 21.6 Å². The summed E-state index contributed by atoms with van der Waals surface area (Å²) >= 11 is 0. The molecule has 1 aromatic carbocycles. The Morgan fingerprint density at radius 2 is 2.05 bits per heavy atom. The Hall–Kier alpha value is -1.67. The summed E-state index contributed by atoms with van der Waals surface area (Å²) in [6, 6.07) is 3.23. The normalized spacial score (nSPS) is 11.6. The van der Waals surface area contributed by atoms with E-state index in [9.17, 15) is 17.6 Å². The third-order valence-electron chi connectivity index (χ3n) is 2.63. The molecule has 6 nitrogen and oxygen atoms in total. The van der Waals surface area contributed by atoms with E-state index in [-0.39, 0.29) is 29.5 Å². The van der Waals surface area contributed by atoms with Gasteiger partial charge in [0, 0.05) is 19.5 Å². The molecule has 8 heteroatoms. The average Bonchev–Trinajstić information content (AvgIpc) is 2.39. The number of nitrogen functional groups attached to an aromatic ring is 1. The maximum atomic E-state index is 13.3. The van der Waals surface area contributed by atoms with Crippen LogP contribution in [-0.4, -0.2) is 27.4 Å². The fourth-order valence-corrected chi connectivity index (χ4v) is 2.51. The molecule has 21 heavy (non-hydrogen) atoms. The highest BCUT2D eigenvalue weighted by molar-refractivity contribution is 7.89. The van der Waals surface area contributed by atoms with Crippen LogP contribution in [0.25, 0.3) is 0 Å². The van der Waals surface area contributed by atoms with Crippen molar-refractivity contribution in [2.24, 2.45) is 5.92 Å². The highest BCUT2D eigenvalue weighted by atomic mass is 32.2. The van der Waals surface area contributed by atoms with Crippen molar-refractivity contribution < 1.29 is 17.6 Å². The van der Waals surface area contributed by atoms with Crippen LogP contribution in [0.5, 0.6) is 0 Å². The minimum atomic E-state index is -3.85. The Bertz CT molecular complexity index is 603. The molecule has 1 amide bonds. The van der Waals surface area contributed by atoms with Gasteiger partial charge in [0.15, 0.2) is 0 Å². The second kappa shape index (κ2) is 7.37. The number of halogens is 1. The lowest BCUT2D eigenvalue weighted by molar-refractivity contribution is -0.121. The quantitative estimate of drug-likeness (QED) is 0.649. The first-order valence-electron chi connectivity index (χ1n) is 6.54. The van der Waals surface area contributed by atoms with Crippen molar-refractivity contribution in [3.8, 4) is 0 Å². The lowest BCUT2D eigenvalue weighted by atomic mass is 10.2. The molecule has 0 saturated carbocycles. The molecule has 0 spiro atoms. The molecule has 0 saturated heterocycles. The Labute approximate surface area is 124 Å². The van der Waals surface area contributed by atoms with Crippen LogP contribution in [0.3, 0.4) is 0 Å². The molecule has 0 atom stereocenters. The van der Waals surface area contributed by atoms with Gasteiger partial charge in [-0.05, 0) is 24.1 Å². The number of rotatable bonds is 7. The van der Waals surface area contributed by atoms with Crippen molar-refractivity contribution in [2.45, 2.75) is 25.2 Å². The summed E-state index contributed by atoms with van der Waals surface area (Å²) in [5, 5.41) is 2.67. The highest BCUT2D eigenvalue weighted by Crippen LogP contribution is 2.15. The zero-order valence-corrected chi connectivity index (χ0v) is 12.8. The van der Waals surface area contributed by atoms with Crippen LogP contribution >= 0.6 is 0 Å². The number of nitrogens with two attached hydrogens (primary N) is 1. The number of sulfonamides is 1. The van der Waals surface area contributed by atoms with Crippen molar-refractivity contribution in [3.63, 3.8) is 0 Å². The van der Waals surface area contributed by atoms with Gasteiger partial charge in [-0.15, -0.1) is 0 Å². The molecule has 0 aromatic heterocycles. The van der Waals surface area contributed by atoms with Crippen LogP contribution in [0.2, 0.25) is 0 Å². The minimum Gasteiger partial charge on any atom is -0.396 e. The first kappa shape index (κ1) is 17.4. The highest BCUT2D eigenvalue weighted by Gasteiger charge is 2.15. The molecule has 1 aromatic rings. The molecule has 0 radical (unpaired) electrons. The number of carbonyl (C=O) groups excluding carboxylic acids is 1. The smallest absolute Gasteiger partial charge is 0.240 e. The molecule has 0 aliphatic carbocycles. The first-order chi connectivity index (χ1) is 9.72. The molecule has 0 unspecified atom stereocenters. The van der Waals surface area contributed by atoms with Gasteiger partial charge in [-0.1, -0.05) is 13.8 Å². The average molecular weight is 317 g/mol. The largest absolute Gasteiger partial charge is 0.396 e. The van der Waals surface area contributed by atoms with Gasteiger partial charge in [-0.3, -0.25) is 4.79 Å². The SMILES string of the molecule is CC(C)CNC(=O)CCNS(=O)(=O)c1ccc(N)c(F)c1. The van der Waals surface area contributed by atoms with Gasteiger partial charge in [0.05, 0.1) is 10.6 Å². The summed E-state index contributed by atoms with van der Waals surface area (Å²) in [5.41, 5.74) is 5.16. The number of benzene rings is 1. The maximum Gasteiger partial charge on any atom is 0.240 e. The number of amides is 1. The van der Waals surface area contributed by atoms with E-state index in [2.05, 4.69) is 10.0 Å². The summed E-state index contributed by atoms with van der Waals surface area (Å²) < 4.78 is 39.3. The monoisotopic (exact) mass is 317 g/mol. The summed E-state index contributed by atoms with van der Waals surface area (Å²) in [6.07, 6.45) is 0.0173. The van der Waals surface area contributed by atoms with Gasteiger partial charge >= 0.3 is 0 Å². The molecule has 0 heterocycles. The van der Waals surface area contributed by atoms with E-state index >= 15 is 0 Å². The molecule has 0 fully saturated rings. The molecular formula is C13H20FN3O3S.